The molecule has 0 heterocycles. The van der Waals surface area contributed by atoms with Crippen molar-refractivity contribution in [1.29, 1.82) is 0 Å². The number of nitro groups is 1. The monoisotopic (exact) mass is 305 g/mol. The second kappa shape index (κ2) is 6.27. The second-order valence-corrected chi connectivity index (χ2v) is 5.11. The Hall–Kier alpha value is -2.54. The lowest BCUT2D eigenvalue weighted by Crippen LogP contribution is -1.96. The van der Waals surface area contributed by atoms with Gasteiger partial charge in [-0.3, -0.25) is 10.1 Å². The number of rotatable bonds is 5. The molecule has 0 aliphatic heterocycles. The quantitative estimate of drug-likeness (QED) is 0.672. The molecule has 6 nitrogen and oxygen atoms in total. The highest BCUT2D eigenvalue weighted by Gasteiger charge is 2.21. The van der Waals surface area contributed by atoms with Gasteiger partial charge < -0.3 is 9.84 Å². The zero-order valence-corrected chi connectivity index (χ0v) is 11.8. The van der Waals surface area contributed by atoms with E-state index in [-0.39, 0.29) is 17.0 Å². The number of methoxy groups -OCH3 is 1. The minimum atomic E-state index is -1.01. The molecule has 0 fully saturated rings. The first-order valence-electron chi connectivity index (χ1n) is 5.85. The van der Waals surface area contributed by atoms with E-state index in [9.17, 15) is 14.9 Å². The third-order valence-electron chi connectivity index (χ3n) is 2.69. The first kappa shape index (κ1) is 14.9. The maximum Gasteiger partial charge on any atom is 0.335 e. The fourth-order valence-corrected chi connectivity index (χ4v) is 2.67. The van der Waals surface area contributed by atoms with Crippen LogP contribution in [0.5, 0.6) is 5.75 Å². The third kappa shape index (κ3) is 3.32. The highest BCUT2D eigenvalue weighted by Crippen LogP contribution is 2.40. The molecule has 2 rings (SSSR count). The molecule has 0 bridgehead atoms. The van der Waals surface area contributed by atoms with E-state index in [2.05, 4.69) is 0 Å². The fraction of sp³-hybridized carbons (Fsp3) is 0.0714. The van der Waals surface area contributed by atoms with Crippen molar-refractivity contribution < 1.29 is 19.6 Å². The van der Waals surface area contributed by atoms with Crippen molar-refractivity contribution in [2.45, 2.75) is 9.79 Å². The molecule has 0 aliphatic carbocycles. The van der Waals surface area contributed by atoms with Crippen molar-refractivity contribution >= 4 is 23.4 Å². The van der Waals surface area contributed by atoms with Crippen LogP contribution in [0.3, 0.4) is 0 Å². The molecule has 108 valence electrons. The Labute approximate surface area is 124 Å². The molecule has 0 unspecified atom stereocenters. The van der Waals surface area contributed by atoms with Crippen LogP contribution in [-0.2, 0) is 0 Å². The van der Waals surface area contributed by atoms with Crippen LogP contribution in [0.15, 0.2) is 52.3 Å². The molecule has 1 N–H and O–H groups in total. The van der Waals surface area contributed by atoms with Crippen LogP contribution < -0.4 is 4.74 Å². The van der Waals surface area contributed by atoms with Gasteiger partial charge in [0.1, 0.15) is 0 Å². The third-order valence-corrected chi connectivity index (χ3v) is 3.75. The molecule has 0 amide bonds. The number of carboxylic acids is 1. The number of nitrogens with zero attached hydrogens (tertiary/aromatic N) is 1. The predicted octanol–water partition coefficient (Wildman–Crippen LogP) is 3.45. The smallest absolute Gasteiger partial charge is 0.335 e. The van der Waals surface area contributed by atoms with E-state index in [1.165, 1.54) is 37.1 Å². The average Bonchev–Trinajstić information content (AvgIpc) is 2.47. The van der Waals surface area contributed by atoms with Crippen molar-refractivity contribution in [3.8, 4) is 5.75 Å². The number of para-hydroxylation sites is 1. The molecule has 0 spiro atoms. The number of nitro benzene ring substituents is 1. The highest BCUT2D eigenvalue weighted by atomic mass is 32.2. The van der Waals surface area contributed by atoms with E-state index >= 15 is 0 Å². The van der Waals surface area contributed by atoms with E-state index in [1.54, 1.807) is 24.3 Å². The van der Waals surface area contributed by atoms with E-state index in [0.29, 0.717) is 9.79 Å². The number of carboxylic acid groups (broad SMARTS) is 1. The van der Waals surface area contributed by atoms with Crippen LogP contribution in [0.25, 0.3) is 0 Å². The summed E-state index contributed by atoms with van der Waals surface area (Å²) in [6.45, 7) is 0. The van der Waals surface area contributed by atoms with Crippen molar-refractivity contribution in [3.05, 3.63) is 58.1 Å². The van der Waals surface area contributed by atoms with Crippen molar-refractivity contribution in [1.82, 2.24) is 0 Å². The van der Waals surface area contributed by atoms with Crippen molar-refractivity contribution in [2.75, 3.05) is 7.11 Å². The molecule has 2 aromatic carbocycles. The van der Waals surface area contributed by atoms with E-state index in [0.717, 1.165) is 0 Å². The van der Waals surface area contributed by atoms with Crippen LogP contribution >= 0.6 is 11.8 Å². The summed E-state index contributed by atoms with van der Waals surface area (Å²) in [5.41, 5.74) is 0.0619. The largest absolute Gasteiger partial charge is 0.490 e. The first-order valence-corrected chi connectivity index (χ1v) is 6.67. The van der Waals surface area contributed by atoms with Gasteiger partial charge in [-0.25, -0.2) is 4.79 Å². The maximum absolute atomic E-state index is 11.2. The topological polar surface area (TPSA) is 89.7 Å². The number of aromatic carboxylic acids is 1. The minimum Gasteiger partial charge on any atom is -0.490 e. The molecule has 2 aromatic rings. The van der Waals surface area contributed by atoms with Crippen LogP contribution in [0.2, 0.25) is 0 Å². The number of hydrogen-bond acceptors (Lipinski definition) is 5. The molecular weight excluding hydrogens is 294 g/mol. The summed E-state index contributed by atoms with van der Waals surface area (Å²) in [5, 5.41) is 20.0. The Morgan fingerprint density at radius 3 is 2.43 bits per heavy atom. The van der Waals surface area contributed by atoms with Gasteiger partial charge in [0.05, 0.1) is 22.5 Å². The van der Waals surface area contributed by atoms with E-state index in [1.807, 2.05) is 0 Å². The van der Waals surface area contributed by atoms with Crippen LogP contribution in [-0.4, -0.2) is 23.1 Å². The second-order valence-electron chi connectivity index (χ2n) is 4.00. The summed E-state index contributed by atoms with van der Waals surface area (Å²) in [5.74, 6) is -0.828. The lowest BCUT2D eigenvalue weighted by Gasteiger charge is -2.06. The van der Waals surface area contributed by atoms with Gasteiger partial charge in [0.25, 0.3) is 0 Å². The van der Waals surface area contributed by atoms with Gasteiger partial charge in [0.2, 0.25) is 0 Å². The van der Waals surface area contributed by atoms with Gasteiger partial charge in [0, 0.05) is 4.90 Å². The molecule has 0 saturated heterocycles. The number of ether oxygens (including phenoxy) is 1. The zero-order valence-electron chi connectivity index (χ0n) is 11.0. The Kier molecular flexibility index (Phi) is 4.44. The Morgan fingerprint density at radius 2 is 1.90 bits per heavy atom. The summed E-state index contributed by atoms with van der Waals surface area (Å²) < 4.78 is 5.00. The molecule has 0 atom stereocenters. The molecule has 21 heavy (non-hydrogen) atoms. The standard InChI is InChI=1S/C14H11NO5S/c1-20-11-3-2-4-12(13(11)15(18)19)21-10-7-5-9(6-8-10)14(16)17/h2-8H,1H3,(H,16,17). The highest BCUT2D eigenvalue weighted by molar-refractivity contribution is 7.99. The zero-order chi connectivity index (χ0) is 15.4. The maximum atomic E-state index is 11.2. The van der Waals surface area contributed by atoms with Gasteiger partial charge in [-0.1, -0.05) is 17.8 Å². The van der Waals surface area contributed by atoms with Crippen molar-refractivity contribution in [3.63, 3.8) is 0 Å². The summed E-state index contributed by atoms with van der Waals surface area (Å²) in [6, 6.07) is 10.9. The van der Waals surface area contributed by atoms with Gasteiger partial charge in [-0.2, -0.15) is 0 Å². The summed E-state index contributed by atoms with van der Waals surface area (Å²) in [7, 11) is 1.37. The number of hydrogen-bond donors (Lipinski definition) is 1. The number of carbonyl (C=O) groups is 1. The van der Waals surface area contributed by atoms with E-state index in [4.69, 9.17) is 9.84 Å². The first-order chi connectivity index (χ1) is 10.0. The van der Waals surface area contributed by atoms with Crippen LogP contribution in [0.1, 0.15) is 10.4 Å². The van der Waals surface area contributed by atoms with E-state index < -0.39 is 10.9 Å². The fourth-order valence-electron chi connectivity index (χ4n) is 1.72. The van der Waals surface area contributed by atoms with Gasteiger partial charge in [-0.15, -0.1) is 0 Å². The van der Waals surface area contributed by atoms with Crippen LogP contribution in [0, 0.1) is 10.1 Å². The van der Waals surface area contributed by atoms with Gasteiger partial charge >= 0.3 is 11.7 Å². The molecule has 0 aromatic heterocycles. The lowest BCUT2D eigenvalue weighted by molar-refractivity contribution is -0.388. The summed E-state index contributed by atoms with van der Waals surface area (Å²) >= 11 is 1.18. The Bertz CT molecular complexity index is 684. The van der Waals surface area contributed by atoms with Gasteiger partial charge in [0.15, 0.2) is 5.75 Å². The molecule has 0 radical (unpaired) electrons. The molecular formula is C14H11NO5S. The average molecular weight is 305 g/mol. The molecule has 7 heteroatoms. The Morgan fingerprint density at radius 1 is 1.24 bits per heavy atom. The molecule has 0 saturated carbocycles. The normalized spacial score (nSPS) is 10.1. The predicted molar refractivity (Wildman–Crippen MR) is 77.2 cm³/mol. The summed E-state index contributed by atoms with van der Waals surface area (Å²) in [4.78, 5) is 22.6. The summed E-state index contributed by atoms with van der Waals surface area (Å²) in [6.07, 6.45) is 0. The number of benzene rings is 2. The SMILES string of the molecule is COc1cccc(Sc2ccc(C(=O)O)cc2)c1[N+](=O)[O-]. The Balaban J connectivity index is 2.35. The molecule has 0 aliphatic rings. The van der Waals surface area contributed by atoms with Gasteiger partial charge in [-0.05, 0) is 36.4 Å². The van der Waals surface area contributed by atoms with Crippen LogP contribution in [0.4, 0.5) is 5.69 Å². The lowest BCUT2D eigenvalue weighted by atomic mass is 10.2. The minimum absolute atomic E-state index is 0.104. The van der Waals surface area contributed by atoms with Crippen molar-refractivity contribution in [2.24, 2.45) is 0 Å².